The third kappa shape index (κ3) is 2.78. The molecule has 0 aliphatic heterocycles. The molecule has 0 aliphatic rings. The molecule has 0 unspecified atom stereocenters. The highest BCUT2D eigenvalue weighted by molar-refractivity contribution is 7.89. The summed E-state index contributed by atoms with van der Waals surface area (Å²) in [4.78, 5) is 16.4. The number of carbonyl (C=O) groups excluding carboxylic acids is 1. The first-order valence-electron chi connectivity index (χ1n) is 4.19. The molecule has 1 heterocycles. The van der Waals surface area contributed by atoms with Crippen LogP contribution in [0.4, 0.5) is 0 Å². The Morgan fingerprint density at radius 1 is 1.56 bits per heavy atom. The number of hydrogen-bond donors (Lipinski definition) is 2. The van der Waals surface area contributed by atoms with Gasteiger partial charge in [0.25, 0.3) is 10.0 Å². The molecular formula is C7H11N3O5S. The lowest BCUT2D eigenvalue weighted by atomic mass is 10.4. The Bertz CT molecular complexity index is 473. The Balaban J connectivity index is 2.83. The van der Waals surface area contributed by atoms with Crippen molar-refractivity contribution in [2.45, 2.75) is 18.7 Å². The zero-order valence-corrected chi connectivity index (χ0v) is 9.50. The fourth-order valence-corrected chi connectivity index (χ4v) is 2.22. The molecule has 0 radical (unpaired) electrons. The van der Waals surface area contributed by atoms with Gasteiger partial charge in [0, 0.05) is 0 Å². The quantitative estimate of drug-likeness (QED) is 0.644. The van der Waals surface area contributed by atoms with E-state index < -0.39 is 22.5 Å². The lowest BCUT2D eigenvalue weighted by Crippen LogP contribution is -2.30. The number of nitrogens with two attached hydrogens (primary N) is 1. The van der Waals surface area contributed by atoms with Crippen molar-refractivity contribution in [2.24, 2.45) is 5.73 Å². The van der Waals surface area contributed by atoms with Crippen LogP contribution in [0.15, 0.2) is 9.42 Å². The van der Waals surface area contributed by atoms with Crippen LogP contribution in [0.25, 0.3) is 0 Å². The van der Waals surface area contributed by atoms with Crippen LogP contribution in [0.5, 0.6) is 0 Å². The van der Waals surface area contributed by atoms with E-state index >= 15 is 0 Å². The highest BCUT2D eigenvalue weighted by atomic mass is 32.2. The van der Waals surface area contributed by atoms with Crippen molar-refractivity contribution in [1.82, 2.24) is 10.0 Å². The van der Waals surface area contributed by atoms with Gasteiger partial charge in [-0.15, -0.1) is 0 Å². The minimum Gasteiger partial charge on any atom is -0.368 e. The summed E-state index contributed by atoms with van der Waals surface area (Å²) in [6, 6.07) is 0. The lowest BCUT2D eigenvalue weighted by Gasteiger charge is -2.04. The molecule has 0 aromatic carbocycles. The van der Waals surface area contributed by atoms with Gasteiger partial charge in [0.15, 0.2) is 5.76 Å². The van der Waals surface area contributed by atoms with E-state index in [1.807, 2.05) is 0 Å². The number of sulfonamides is 1. The Hall–Kier alpha value is -1.45. The summed E-state index contributed by atoms with van der Waals surface area (Å²) in [6.45, 7) is 2.37. The van der Waals surface area contributed by atoms with Gasteiger partial charge in [-0.2, -0.15) is 0 Å². The van der Waals surface area contributed by atoms with Crippen molar-refractivity contribution in [3.63, 3.8) is 0 Å². The third-order valence-corrected chi connectivity index (χ3v) is 3.08. The molecule has 3 N–H and O–H groups in total. The maximum absolute atomic E-state index is 11.6. The Morgan fingerprint density at radius 2 is 2.19 bits per heavy atom. The zero-order valence-electron chi connectivity index (χ0n) is 8.68. The van der Waals surface area contributed by atoms with E-state index in [1.54, 1.807) is 4.89 Å². The first-order chi connectivity index (χ1) is 7.34. The Morgan fingerprint density at radius 3 is 2.62 bits per heavy atom. The van der Waals surface area contributed by atoms with Gasteiger partial charge in [-0.25, -0.2) is 8.42 Å². The fraction of sp³-hybridized carbons (Fsp3) is 0.429. The van der Waals surface area contributed by atoms with Gasteiger partial charge < -0.3 is 10.3 Å². The van der Waals surface area contributed by atoms with E-state index in [9.17, 15) is 13.2 Å². The van der Waals surface area contributed by atoms with Crippen LogP contribution in [-0.4, -0.2) is 26.1 Å². The van der Waals surface area contributed by atoms with Crippen LogP contribution >= 0.6 is 0 Å². The average molecular weight is 249 g/mol. The lowest BCUT2D eigenvalue weighted by molar-refractivity contribution is -0.123. The van der Waals surface area contributed by atoms with Gasteiger partial charge >= 0.3 is 0 Å². The zero-order chi connectivity index (χ0) is 12.3. The van der Waals surface area contributed by atoms with Crippen LogP contribution in [0, 0.1) is 13.8 Å². The Kier molecular flexibility index (Phi) is 3.62. The molecule has 8 nitrogen and oxygen atoms in total. The summed E-state index contributed by atoms with van der Waals surface area (Å²) >= 11 is 0. The number of aryl methyl sites for hydroxylation is 2. The van der Waals surface area contributed by atoms with Gasteiger partial charge in [-0.3, -0.25) is 9.63 Å². The molecule has 1 aromatic heterocycles. The average Bonchev–Trinajstić information content (AvgIpc) is 2.45. The van der Waals surface area contributed by atoms with Crippen molar-refractivity contribution >= 4 is 15.9 Å². The summed E-state index contributed by atoms with van der Waals surface area (Å²) < 4.78 is 27.9. The van der Waals surface area contributed by atoms with Gasteiger partial charge in [0.05, 0.1) is 0 Å². The van der Waals surface area contributed by atoms with Crippen LogP contribution in [-0.2, 0) is 19.7 Å². The normalized spacial score (nSPS) is 11.6. The number of nitrogens with zero attached hydrogens (tertiary/aromatic N) is 1. The van der Waals surface area contributed by atoms with Crippen molar-refractivity contribution in [3.05, 3.63) is 11.5 Å². The van der Waals surface area contributed by atoms with E-state index in [4.69, 9.17) is 10.3 Å². The minimum absolute atomic E-state index is 0.114. The van der Waals surface area contributed by atoms with Crippen LogP contribution in [0.3, 0.4) is 0 Å². The molecule has 0 saturated heterocycles. The van der Waals surface area contributed by atoms with E-state index in [-0.39, 0.29) is 16.3 Å². The predicted octanol–water partition coefficient (Wildman–Crippen LogP) is -1.01. The van der Waals surface area contributed by atoms with Gasteiger partial charge in [0.1, 0.15) is 17.2 Å². The summed E-state index contributed by atoms with van der Waals surface area (Å²) in [5.41, 5.74) is 4.97. The maximum Gasteiger partial charge on any atom is 0.267 e. The fourth-order valence-electron chi connectivity index (χ4n) is 1.08. The molecule has 0 aliphatic carbocycles. The third-order valence-electron chi connectivity index (χ3n) is 1.62. The van der Waals surface area contributed by atoms with Gasteiger partial charge in [-0.1, -0.05) is 10.0 Å². The summed E-state index contributed by atoms with van der Waals surface area (Å²) in [5.74, 6) is -0.658. The predicted molar refractivity (Wildman–Crippen MR) is 51.4 cm³/mol. The molecule has 0 saturated carbocycles. The molecule has 0 atom stereocenters. The largest absolute Gasteiger partial charge is 0.368 e. The molecule has 9 heteroatoms. The van der Waals surface area contributed by atoms with Crippen molar-refractivity contribution < 1.29 is 22.6 Å². The monoisotopic (exact) mass is 249 g/mol. The van der Waals surface area contributed by atoms with Crippen LogP contribution in [0.1, 0.15) is 11.5 Å². The highest BCUT2D eigenvalue weighted by Gasteiger charge is 2.24. The number of rotatable bonds is 5. The van der Waals surface area contributed by atoms with Crippen LogP contribution < -0.4 is 10.6 Å². The number of amides is 1. The number of carbonyl (C=O) groups is 1. The Labute approximate surface area is 91.7 Å². The highest BCUT2D eigenvalue weighted by Crippen LogP contribution is 2.18. The number of nitrogens with one attached hydrogen (secondary N) is 1. The minimum atomic E-state index is -3.91. The first-order valence-corrected chi connectivity index (χ1v) is 5.67. The molecule has 1 aromatic rings. The maximum atomic E-state index is 11.6. The SMILES string of the molecule is Cc1noc(C)c1S(=O)(=O)NOCC(N)=O. The van der Waals surface area contributed by atoms with Crippen molar-refractivity contribution in [1.29, 1.82) is 0 Å². The van der Waals surface area contributed by atoms with E-state index in [2.05, 4.69) is 9.99 Å². The van der Waals surface area contributed by atoms with Crippen molar-refractivity contribution in [2.75, 3.05) is 6.61 Å². The van der Waals surface area contributed by atoms with Crippen molar-refractivity contribution in [3.8, 4) is 0 Å². The second kappa shape index (κ2) is 4.60. The second-order valence-corrected chi connectivity index (χ2v) is 4.58. The molecular weight excluding hydrogens is 238 g/mol. The van der Waals surface area contributed by atoms with Crippen LogP contribution in [0.2, 0.25) is 0 Å². The molecule has 16 heavy (non-hydrogen) atoms. The second-order valence-electron chi connectivity index (χ2n) is 3.00. The van der Waals surface area contributed by atoms with E-state index in [0.717, 1.165) is 0 Å². The molecule has 1 amide bonds. The number of aromatic nitrogens is 1. The summed E-state index contributed by atoms with van der Waals surface area (Å²) in [6.07, 6.45) is 0. The molecule has 90 valence electrons. The summed E-state index contributed by atoms with van der Waals surface area (Å²) in [5, 5.41) is 3.48. The first kappa shape index (κ1) is 12.6. The smallest absolute Gasteiger partial charge is 0.267 e. The van der Waals surface area contributed by atoms with Gasteiger partial charge in [0.2, 0.25) is 5.91 Å². The standard InChI is InChI=1S/C7H11N3O5S/c1-4-7(5(2)15-9-4)16(12,13)10-14-3-6(8)11/h10H,3H2,1-2H3,(H2,8,11). The number of primary amides is 1. The topological polar surface area (TPSA) is 125 Å². The van der Waals surface area contributed by atoms with E-state index in [0.29, 0.717) is 0 Å². The molecule has 0 bridgehead atoms. The van der Waals surface area contributed by atoms with E-state index in [1.165, 1.54) is 13.8 Å². The summed E-state index contributed by atoms with van der Waals surface area (Å²) in [7, 11) is -3.91. The molecule has 0 spiro atoms. The molecule has 1 rings (SSSR count). The van der Waals surface area contributed by atoms with Gasteiger partial charge in [-0.05, 0) is 13.8 Å². The molecule has 0 fully saturated rings. The number of hydrogen-bond acceptors (Lipinski definition) is 6.